The number of benzene rings is 2. The highest BCUT2D eigenvalue weighted by molar-refractivity contribution is 6.33. The smallest absolute Gasteiger partial charge is 0.324 e. The first-order valence-corrected chi connectivity index (χ1v) is 9.57. The molecule has 32 heavy (non-hydrogen) atoms. The van der Waals surface area contributed by atoms with Gasteiger partial charge in [0.15, 0.2) is 5.15 Å². The van der Waals surface area contributed by atoms with Crippen molar-refractivity contribution in [2.75, 3.05) is 10.6 Å². The van der Waals surface area contributed by atoms with Crippen molar-refractivity contribution in [1.29, 1.82) is 0 Å². The van der Waals surface area contributed by atoms with E-state index in [4.69, 9.17) is 11.6 Å². The summed E-state index contributed by atoms with van der Waals surface area (Å²) in [5.41, 5.74) is 1.00. The lowest BCUT2D eigenvalue weighted by Gasteiger charge is -2.12. The second-order valence-electron chi connectivity index (χ2n) is 6.81. The van der Waals surface area contributed by atoms with Crippen molar-refractivity contribution in [1.82, 2.24) is 14.5 Å². The number of nitrogens with zero attached hydrogens (tertiary/aromatic N) is 3. The SMILES string of the molecule is O=C(Nc1ccc(Cn2cnc3ccnc(Cl)c32)cc1)Nc1cc(C(F)(F)F)ccc1F. The van der Waals surface area contributed by atoms with E-state index in [1.807, 2.05) is 4.57 Å². The molecule has 164 valence electrons. The zero-order valence-corrected chi connectivity index (χ0v) is 16.9. The lowest BCUT2D eigenvalue weighted by atomic mass is 10.2. The highest BCUT2D eigenvalue weighted by Gasteiger charge is 2.31. The Bertz CT molecular complexity index is 1290. The fourth-order valence-electron chi connectivity index (χ4n) is 3.07. The number of nitrogens with one attached hydrogen (secondary N) is 2. The van der Waals surface area contributed by atoms with Crippen LogP contribution in [0.25, 0.3) is 11.0 Å². The minimum Gasteiger partial charge on any atom is -0.324 e. The standard InChI is InChI=1S/C21H14ClF4N5O/c22-19-18-16(7-8-27-19)28-11-31(18)10-12-1-4-14(5-2-12)29-20(32)30-17-9-13(21(24,25)26)3-6-15(17)23/h1-9,11H,10H2,(H2,29,30,32). The van der Waals surface area contributed by atoms with Crippen LogP contribution in [0.4, 0.5) is 33.7 Å². The predicted octanol–water partition coefficient (Wildman–Crippen LogP) is 5.93. The quantitative estimate of drug-likeness (QED) is 0.291. The zero-order valence-electron chi connectivity index (χ0n) is 16.1. The van der Waals surface area contributed by atoms with Gasteiger partial charge in [0, 0.05) is 18.4 Å². The Morgan fingerprint density at radius 2 is 1.78 bits per heavy atom. The monoisotopic (exact) mass is 463 g/mol. The molecule has 2 N–H and O–H groups in total. The van der Waals surface area contributed by atoms with Crippen molar-refractivity contribution in [3.8, 4) is 0 Å². The summed E-state index contributed by atoms with van der Waals surface area (Å²) in [4.78, 5) is 20.4. The number of rotatable bonds is 4. The molecule has 2 heterocycles. The molecular formula is C21H14ClF4N5O. The summed E-state index contributed by atoms with van der Waals surface area (Å²) in [5.74, 6) is -0.982. The molecule has 6 nitrogen and oxygen atoms in total. The molecule has 2 aromatic heterocycles. The topological polar surface area (TPSA) is 71.8 Å². The van der Waals surface area contributed by atoms with E-state index >= 15 is 0 Å². The molecule has 0 spiro atoms. The van der Waals surface area contributed by atoms with Crippen LogP contribution in [0.5, 0.6) is 0 Å². The van der Waals surface area contributed by atoms with Crippen LogP contribution in [0, 0.1) is 5.82 Å². The van der Waals surface area contributed by atoms with Gasteiger partial charge in [-0.3, -0.25) is 0 Å². The molecule has 0 saturated heterocycles. The van der Waals surface area contributed by atoms with E-state index in [0.717, 1.165) is 5.56 Å². The van der Waals surface area contributed by atoms with Gasteiger partial charge in [0.2, 0.25) is 0 Å². The zero-order chi connectivity index (χ0) is 22.9. The molecule has 0 fully saturated rings. The number of aromatic nitrogens is 3. The van der Waals surface area contributed by atoms with Gasteiger partial charge in [0.05, 0.1) is 23.1 Å². The number of pyridine rings is 1. The molecule has 0 unspecified atom stereocenters. The summed E-state index contributed by atoms with van der Waals surface area (Å²) in [6.45, 7) is 0.448. The number of hydrogen-bond acceptors (Lipinski definition) is 3. The Balaban J connectivity index is 1.43. The first-order valence-electron chi connectivity index (χ1n) is 9.20. The molecule has 0 aliphatic heterocycles. The second kappa shape index (κ2) is 8.46. The first kappa shape index (κ1) is 21.6. The average Bonchev–Trinajstić information content (AvgIpc) is 3.14. The summed E-state index contributed by atoms with van der Waals surface area (Å²) in [7, 11) is 0. The van der Waals surface area contributed by atoms with Gasteiger partial charge in [-0.15, -0.1) is 0 Å². The van der Waals surface area contributed by atoms with Gasteiger partial charge in [-0.25, -0.2) is 19.2 Å². The Hall–Kier alpha value is -3.66. The number of amides is 2. The van der Waals surface area contributed by atoms with Crippen LogP contribution in [0.3, 0.4) is 0 Å². The van der Waals surface area contributed by atoms with Crippen molar-refractivity contribution >= 4 is 40.0 Å². The third-order valence-electron chi connectivity index (χ3n) is 4.59. The molecule has 0 aliphatic rings. The number of urea groups is 1. The summed E-state index contributed by atoms with van der Waals surface area (Å²) in [6, 6.07) is 9.36. The van der Waals surface area contributed by atoms with Crippen molar-refractivity contribution in [3.05, 3.63) is 83.2 Å². The molecule has 0 atom stereocenters. The van der Waals surface area contributed by atoms with Crippen LogP contribution < -0.4 is 10.6 Å². The van der Waals surface area contributed by atoms with E-state index in [0.29, 0.717) is 46.6 Å². The molecule has 4 aromatic rings. The third-order valence-corrected chi connectivity index (χ3v) is 4.86. The summed E-state index contributed by atoms with van der Waals surface area (Å²) in [5, 5.41) is 4.87. The second-order valence-corrected chi connectivity index (χ2v) is 7.17. The van der Waals surface area contributed by atoms with Gasteiger partial charge in [-0.2, -0.15) is 13.2 Å². The maximum absolute atomic E-state index is 13.8. The van der Waals surface area contributed by atoms with Crippen molar-refractivity contribution in [2.24, 2.45) is 0 Å². The van der Waals surface area contributed by atoms with E-state index in [2.05, 4.69) is 20.6 Å². The number of hydrogen-bond donors (Lipinski definition) is 2. The predicted molar refractivity (Wildman–Crippen MR) is 112 cm³/mol. The van der Waals surface area contributed by atoms with Crippen LogP contribution in [-0.4, -0.2) is 20.6 Å². The maximum Gasteiger partial charge on any atom is 0.416 e. The number of carbonyl (C=O) groups excluding carboxylic acids is 1. The number of alkyl halides is 3. The summed E-state index contributed by atoms with van der Waals surface area (Å²) >= 11 is 6.15. The van der Waals surface area contributed by atoms with E-state index in [1.54, 1.807) is 42.9 Å². The Kier molecular flexibility index (Phi) is 5.70. The van der Waals surface area contributed by atoms with Crippen LogP contribution in [-0.2, 0) is 12.7 Å². The van der Waals surface area contributed by atoms with Crippen LogP contribution in [0.2, 0.25) is 5.15 Å². The molecule has 2 amide bonds. The summed E-state index contributed by atoms with van der Waals surface area (Å²) in [6.07, 6.45) is -1.45. The minimum absolute atomic E-state index is 0.330. The molecule has 2 aromatic carbocycles. The van der Waals surface area contributed by atoms with Gasteiger partial charge in [-0.05, 0) is 42.0 Å². The van der Waals surface area contributed by atoms with E-state index in [-0.39, 0.29) is 0 Å². The number of fused-ring (bicyclic) bond motifs is 1. The number of halogens is 5. The van der Waals surface area contributed by atoms with Gasteiger partial charge in [0.25, 0.3) is 0 Å². The maximum atomic E-state index is 13.8. The third kappa shape index (κ3) is 4.65. The van der Waals surface area contributed by atoms with Gasteiger partial charge in [0.1, 0.15) is 11.3 Å². The fraction of sp³-hybridized carbons (Fsp3) is 0.0952. The van der Waals surface area contributed by atoms with Crippen molar-refractivity contribution in [2.45, 2.75) is 12.7 Å². The molecule has 4 rings (SSSR count). The van der Waals surface area contributed by atoms with Crippen molar-refractivity contribution < 1.29 is 22.4 Å². The lowest BCUT2D eigenvalue weighted by molar-refractivity contribution is -0.137. The summed E-state index contributed by atoms with van der Waals surface area (Å²) < 4.78 is 54.0. The largest absolute Gasteiger partial charge is 0.416 e. The van der Waals surface area contributed by atoms with Crippen molar-refractivity contribution in [3.63, 3.8) is 0 Å². The number of carbonyl (C=O) groups is 1. The van der Waals surface area contributed by atoms with Gasteiger partial charge in [-0.1, -0.05) is 23.7 Å². The Morgan fingerprint density at radius 3 is 2.50 bits per heavy atom. The lowest BCUT2D eigenvalue weighted by Crippen LogP contribution is -2.20. The first-order chi connectivity index (χ1) is 15.2. The Labute approximate surface area is 183 Å². The molecule has 0 radical (unpaired) electrons. The number of imidazole rings is 1. The molecule has 0 saturated carbocycles. The molecule has 0 aliphatic carbocycles. The van der Waals surface area contributed by atoms with Gasteiger partial charge >= 0.3 is 12.2 Å². The molecule has 11 heteroatoms. The molecular weight excluding hydrogens is 450 g/mol. The van der Waals surface area contributed by atoms with Gasteiger partial charge < -0.3 is 15.2 Å². The van der Waals surface area contributed by atoms with E-state index < -0.39 is 29.3 Å². The normalized spacial score (nSPS) is 11.5. The molecule has 0 bridgehead atoms. The number of anilines is 2. The van der Waals surface area contributed by atoms with Crippen LogP contribution in [0.1, 0.15) is 11.1 Å². The fourth-order valence-corrected chi connectivity index (χ4v) is 3.33. The van der Waals surface area contributed by atoms with E-state index in [1.165, 1.54) is 0 Å². The van der Waals surface area contributed by atoms with Crippen LogP contribution >= 0.6 is 11.6 Å². The highest BCUT2D eigenvalue weighted by Crippen LogP contribution is 2.32. The highest BCUT2D eigenvalue weighted by atomic mass is 35.5. The van der Waals surface area contributed by atoms with Crippen LogP contribution in [0.15, 0.2) is 61.1 Å². The Morgan fingerprint density at radius 1 is 1.03 bits per heavy atom. The van der Waals surface area contributed by atoms with E-state index in [9.17, 15) is 22.4 Å². The minimum atomic E-state index is -4.66. The average molecular weight is 464 g/mol.